The molecule has 1 atom stereocenters. The zero-order chi connectivity index (χ0) is 19.0. The summed E-state index contributed by atoms with van der Waals surface area (Å²) < 4.78 is 12.7. The molecule has 27 heavy (non-hydrogen) atoms. The first kappa shape index (κ1) is 18.2. The molecule has 4 heterocycles. The van der Waals surface area contributed by atoms with Gasteiger partial charge in [0, 0.05) is 50.4 Å². The fourth-order valence-corrected chi connectivity index (χ4v) is 4.01. The van der Waals surface area contributed by atoms with Gasteiger partial charge < -0.3 is 14.2 Å². The van der Waals surface area contributed by atoms with Gasteiger partial charge in [0.05, 0.1) is 0 Å². The van der Waals surface area contributed by atoms with Gasteiger partial charge in [-0.05, 0) is 38.7 Å². The third-order valence-electron chi connectivity index (χ3n) is 5.87. The molecule has 0 bridgehead atoms. The van der Waals surface area contributed by atoms with E-state index in [1.807, 2.05) is 24.9 Å². The van der Waals surface area contributed by atoms with Crippen molar-refractivity contribution < 1.29 is 14.1 Å². The topological polar surface area (TPSA) is 86.3 Å². The quantitative estimate of drug-likeness (QED) is 0.820. The predicted molar refractivity (Wildman–Crippen MR) is 97.5 cm³/mol. The zero-order valence-electron chi connectivity index (χ0n) is 16.3. The van der Waals surface area contributed by atoms with E-state index in [2.05, 4.69) is 17.2 Å². The number of amides is 1. The third-order valence-corrected chi connectivity index (χ3v) is 5.87. The average molecular weight is 373 g/mol. The summed E-state index contributed by atoms with van der Waals surface area (Å²) in [5.41, 5.74) is 1.16. The lowest BCUT2D eigenvalue weighted by atomic mass is 9.81. The number of carbonyl (C=O) groups is 1. The van der Waals surface area contributed by atoms with Crippen molar-refractivity contribution in [2.45, 2.75) is 50.9 Å². The molecule has 2 saturated heterocycles. The first-order valence-electron chi connectivity index (χ1n) is 9.68. The van der Waals surface area contributed by atoms with Gasteiger partial charge in [0.1, 0.15) is 0 Å². The molecule has 2 fully saturated rings. The molecule has 2 aliphatic rings. The molecule has 2 aromatic heterocycles. The predicted octanol–water partition coefficient (Wildman–Crippen LogP) is 2.20. The van der Waals surface area contributed by atoms with Gasteiger partial charge in [0.15, 0.2) is 11.5 Å². The molecule has 0 spiro atoms. The van der Waals surface area contributed by atoms with Gasteiger partial charge in [-0.1, -0.05) is 12.1 Å². The molecule has 1 unspecified atom stereocenters. The highest BCUT2D eigenvalue weighted by Crippen LogP contribution is 2.34. The van der Waals surface area contributed by atoms with Crippen molar-refractivity contribution >= 4 is 5.91 Å². The van der Waals surface area contributed by atoms with E-state index in [1.165, 1.54) is 0 Å². The molecule has 0 aromatic carbocycles. The number of nitrogens with zero attached hydrogens (tertiary/aromatic N) is 5. The van der Waals surface area contributed by atoms with Gasteiger partial charge in [-0.25, -0.2) is 0 Å². The van der Waals surface area contributed by atoms with Crippen LogP contribution in [0.1, 0.15) is 66.4 Å². The third kappa shape index (κ3) is 3.50. The van der Waals surface area contributed by atoms with Gasteiger partial charge in [-0.3, -0.25) is 9.48 Å². The van der Waals surface area contributed by atoms with Crippen LogP contribution in [-0.4, -0.2) is 57.0 Å². The molecule has 4 rings (SSSR count). The Morgan fingerprint density at radius 2 is 2.11 bits per heavy atom. The Balaban J connectivity index is 1.51. The van der Waals surface area contributed by atoms with E-state index in [-0.39, 0.29) is 17.2 Å². The van der Waals surface area contributed by atoms with Gasteiger partial charge in [-0.15, -0.1) is 0 Å². The normalized spacial score (nSPS) is 24.3. The summed E-state index contributed by atoms with van der Waals surface area (Å²) in [6, 6.07) is 1.84. The van der Waals surface area contributed by atoms with Crippen LogP contribution in [0.2, 0.25) is 0 Å². The van der Waals surface area contributed by atoms with Crippen molar-refractivity contribution in [1.82, 2.24) is 24.8 Å². The Labute approximate surface area is 158 Å². The van der Waals surface area contributed by atoms with Crippen molar-refractivity contribution in [2.75, 3.05) is 26.3 Å². The summed E-state index contributed by atoms with van der Waals surface area (Å²) in [5, 5.41) is 8.62. The number of rotatable bonds is 3. The Morgan fingerprint density at radius 3 is 2.81 bits per heavy atom. The molecule has 146 valence electrons. The molecular weight excluding hydrogens is 346 g/mol. The second-order valence-corrected chi connectivity index (χ2v) is 8.03. The van der Waals surface area contributed by atoms with E-state index < -0.39 is 0 Å². The van der Waals surface area contributed by atoms with E-state index in [1.54, 1.807) is 4.68 Å². The molecule has 0 radical (unpaired) electrons. The maximum Gasteiger partial charge on any atom is 0.274 e. The smallest absolute Gasteiger partial charge is 0.274 e. The summed E-state index contributed by atoms with van der Waals surface area (Å²) in [6.45, 7) is 6.86. The van der Waals surface area contributed by atoms with Gasteiger partial charge in [0.2, 0.25) is 5.89 Å². The lowest BCUT2D eigenvalue weighted by Crippen LogP contribution is -2.47. The number of aromatic nitrogens is 4. The Hall–Kier alpha value is -2.22. The van der Waals surface area contributed by atoms with Crippen LogP contribution < -0.4 is 0 Å². The zero-order valence-corrected chi connectivity index (χ0v) is 16.3. The Morgan fingerprint density at radius 1 is 1.33 bits per heavy atom. The minimum atomic E-state index is -0.301. The van der Waals surface area contributed by atoms with E-state index in [4.69, 9.17) is 14.2 Å². The van der Waals surface area contributed by atoms with E-state index in [0.717, 1.165) is 51.1 Å². The second-order valence-electron chi connectivity index (χ2n) is 8.03. The Bertz CT molecular complexity index is 804. The number of piperidine rings is 1. The first-order valence-corrected chi connectivity index (χ1v) is 9.68. The molecule has 0 N–H and O–H groups in total. The largest absolute Gasteiger partial charge is 0.381 e. The van der Waals surface area contributed by atoms with Gasteiger partial charge >= 0.3 is 0 Å². The highest BCUT2D eigenvalue weighted by atomic mass is 16.5. The summed E-state index contributed by atoms with van der Waals surface area (Å²) in [6.07, 6.45) is 3.68. The standard InChI is InChI=1S/C19H27N5O3/c1-13-11-15(21-23(13)3)17(25)24-8-4-7-19(2,12-24)18-20-16(27-22-18)14-5-9-26-10-6-14/h11,14H,4-10,12H2,1-3H3. The number of ether oxygens (including phenoxy) is 1. The minimum Gasteiger partial charge on any atom is -0.381 e. The molecule has 0 aliphatic carbocycles. The maximum atomic E-state index is 12.9. The van der Waals surface area contributed by atoms with Crippen molar-refractivity contribution in [1.29, 1.82) is 0 Å². The second kappa shape index (κ2) is 7.07. The van der Waals surface area contributed by atoms with Crippen LogP contribution in [0.25, 0.3) is 0 Å². The molecule has 2 aliphatic heterocycles. The highest BCUT2D eigenvalue weighted by molar-refractivity contribution is 5.92. The SMILES string of the molecule is Cc1cc(C(=O)N2CCCC(C)(c3noc(C4CCOCC4)n3)C2)nn1C. The van der Waals surface area contributed by atoms with Crippen LogP contribution in [0.5, 0.6) is 0 Å². The summed E-state index contributed by atoms with van der Waals surface area (Å²) in [7, 11) is 1.85. The number of aryl methyl sites for hydroxylation is 2. The average Bonchev–Trinajstić information content (AvgIpc) is 3.30. The molecule has 0 saturated carbocycles. The summed E-state index contributed by atoms with van der Waals surface area (Å²) in [5.74, 6) is 1.66. The van der Waals surface area contributed by atoms with Crippen LogP contribution in [0.15, 0.2) is 10.6 Å². The van der Waals surface area contributed by atoms with E-state index in [0.29, 0.717) is 24.0 Å². The fourth-order valence-electron chi connectivity index (χ4n) is 4.01. The van der Waals surface area contributed by atoms with Crippen LogP contribution >= 0.6 is 0 Å². The number of likely N-dealkylation sites (tertiary alicyclic amines) is 1. The molecule has 2 aromatic rings. The molecule has 1 amide bonds. The summed E-state index contributed by atoms with van der Waals surface area (Å²) in [4.78, 5) is 19.5. The number of hydrogen-bond acceptors (Lipinski definition) is 6. The van der Waals surface area contributed by atoms with Crippen molar-refractivity contribution in [3.05, 3.63) is 29.2 Å². The van der Waals surface area contributed by atoms with Crippen molar-refractivity contribution in [2.24, 2.45) is 7.05 Å². The van der Waals surface area contributed by atoms with Crippen LogP contribution in [0.3, 0.4) is 0 Å². The monoisotopic (exact) mass is 373 g/mol. The fraction of sp³-hybridized carbons (Fsp3) is 0.684. The number of carbonyl (C=O) groups excluding carboxylic acids is 1. The van der Waals surface area contributed by atoms with Gasteiger partial charge in [0.25, 0.3) is 5.91 Å². The lowest BCUT2D eigenvalue weighted by Gasteiger charge is -2.38. The number of hydrogen-bond donors (Lipinski definition) is 0. The van der Waals surface area contributed by atoms with Crippen LogP contribution in [0, 0.1) is 6.92 Å². The maximum absolute atomic E-state index is 12.9. The molecular formula is C19H27N5O3. The summed E-state index contributed by atoms with van der Waals surface area (Å²) >= 11 is 0. The first-order chi connectivity index (χ1) is 13.0. The highest BCUT2D eigenvalue weighted by Gasteiger charge is 2.39. The van der Waals surface area contributed by atoms with Crippen molar-refractivity contribution in [3.63, 3.8) is 0 Å². The van der Waals surface area contributed by atoms with E-state index in [9.17, 15) is 4.79 Å². The van der Waals surface area contributed by atoms with Gasteiger partial charge in [-0.2, -0.15) is 10.1 Å². The minimum absolute atomic E-state index is 0.0298. The van der Waals surface area contributed by atoms with E-state index >= 15 is 0 Å². The van der Waals surface area contributed by atoms with Crippen LogP contribution in [-0.2, 0) is 17.2 Å². The van der Waals surface area contributed by atoms with Crippen molar-refractivity contribution in [3.8, 4) is 0 Å². The molecule has 8 nitrogen and oxygen atoms in total. The van der Waals surface area contributed by atoms with Crippen LogP contribution in [0.4, 0.5) is 0 Å². The molecule has 8 heteroatoms. The Kier molecular flexibility index (Phi) is 4.75. The lowest BCUT2D eigenvalue weighted by molar-refractivity contribution is 0.0635.